The van der Waals surface area contributed by atoms with E-state index in [0.717, 1.165) is 31.0 Å². The number of fused-ring (bicyclic) bond motifs is 1. The fourth-order valence-corrected chi connectivity index (χ4v) is 2.76. The minimum absolute atomic E-state index is 0.466. The normalized spacial score (nSPS) is 17.8. The van der Waals surface area contributed by atoms with Crippen molar-refractivity contribution in [2.75, 3.05) is 13.7 Å². The van der Waals surface area contributed by atoms with Crippen molar-refractivity contribution in [1.82, 2.24) is 10.3 Å². The average Bonchev–Trinajstić information content (AvgIpc) is 2.48. The first kappa shape index (κ1) is 12.2. The lowest BCUT2D eigenvalue weighted by Crippen LogP contribution is -2.29. The number of aromatic nitrogens is 1. The minimum Gasteiger partial charge on any atom is -0.495 e. The van der Waals surface area contributed by atoms with Crippen LogP contribution in [0.1, 0.15) is 22.7 Å². The first-order valence-corrected chi connectivity index (χ1v) is 6.65. The van der Waals surface area contributed by atoms with Gasteiger partial charge in [-0.25, -0.2) is 0 Å². The molecule has 1 unspecified atom stereocenters. The van der Waals surface area contributed by atoms with Crippen LogP contribution in [0.25, 0.3) is 0 Å². The number of ether oxygens (including phenoxy) is 1. The third-order valence-electron chi connectivity index (χ3n) is 3.71. The predicted molar refractivity (Wildman–Crippen MR) is 75.4 cm³/mol. The SMILES string of the molecule is COc1cccnc1CC1CNCc2ccccc21. The van der Waals surface area contributed by atoms with Gasteiger partial charge in [0.2, 0.25) is 0 Å². The lowest BCUT2D eigenvalue weighted by Gasteiger charge is -2.26. The van der Waals surface area contributed by atoms with Crippen LogP contribution in [0, 0.1) is 0 Å². The molecule has 19 heavy (non-hydrogen) atoms. The number of methoxy groups -OCH3 is 1. The maximum Gasteiger partial charge on any atom is 0.140 e. The second-order valence-electron chi connectivity index (χ2n) is 4.88. The lowest BCUT2D eigenvalue weighted by atomic mass is 9.87. The second kappa shape index (κ2) is 5.41. The first-order chi connectivity index (χ1) is 9.38. The van der Waals surface area contributed by atoms with Crippen molar-refractivity contribution < 1.29 is 4.74 Å². The van der Waals surface area contributed by atoms with E-state index in [2.05, 4.69) is 34.6 Å². The molecule has 0 aliphatic carbocycles. The second-order valence-corrected chi connectivity index (χ2v) is 4.88. The molecule has 1 N–H and O–H groups in total. The minimum atomic E-state index is 0.466. The van der Waals surface area contributed by atoms with Crippen LogP contribution in [0.2, 0.25) is 0 Å². The summed E-state index contributed by atoms with van der Waals surface area (Å²) in [6.07, 6.45) is 2.74. The van der Waals surface area contributed by atoms with Crippen molar-refractivity contribution in [2.45, 2.75) is 18.9 Å². The van der Waals surface area contributed by atoms with Gasteiger partial charge in [-0.3, -0.25) is 4.98 Å². The van der Waals surface area contributed by atoms with E-state index in [0.29, 0.717) is 5.92 Å². The van der Waals surface area contributed by atoms with Crippen molar-refractivity contribution in [3.8, 4) is 5.75 Å². The van der Waals surface area contributed by atoms with Gasteiger partial charge in [-0.05, 0) is 23.3 Å². The fraction of sp³-hybridized carbons (Fsp3) is 0.312. The average molecular weight is 254 g/mol. The van der Waals surface area contributed by atoms with Crippen molar-refractivity contribution in [3.05, 3.63) is 59.4 Å². The summed E-state index contributed by atoms with van der Waals surface area (Å²) in [5.74, 6) is 1.35. The van der Waals surface area contributed by atoms with Gasteiger partial charge in [0.25, 0.3) is 0 Å². The molecule has 3 rings (SSSR count). The number of hydrogen-bond acceptors (Lipinski definition) is 3. The lowest BCUT2D eigenvalue weighted by molar-refractivity contribution is 0.403. The molecule has 2 aromatic rings. The van der Waals surface area contributed by atoms with E-state index in [9.17, 15) is 0 Å². The quantitative estimate of drug-likeness (QED) is 0.914. The van der Waals surface area contributed by atoms with Crippen LogP contribution in [-0.2, 0) is 13.0 Å². The van der Waals surface area contributed by atoms with Gasteiger partial charge >= 0.3 is 0 Å². The summed E-state index contributed by atoms with van der Waals surface area (Å²) in [6.45, 7) is 1.96. The van der Waals surface area contributed by atoms with Crippen molar-refractivity contribution in [2.24, 2.45) is 0 Å². The van der Waals surface area contributed by atoms with Gasteiger partial charge in [-0.1, -0.05) is 24.3 Å². The Labute approximate surface area is 113 Å². The summed E-state index contributed by atoms with van der Waals surface area (Å²) in [6, 6.07) is 12.5. The molecule has 0 bridgehead atoms. The highest BCUT2D eigenvalue weighted by Crippen LogP contribution is 2.29. The molecule has 0 saturated heterocycles. The number of rotatable bonds is 3. The van der Waals surface area contributed by atoms with Crippen molar-refractivity contribution >= 4 is 0 Å². The first-order valence-electron chi connectivity index (χ1n) is 6.65. The Morgan fingerprint density at radius 3 is 3.05 bits per heavy atom. The van der Waals surface area contributed by atoms with Crippen molar-refractivity contribution in [3.63, 3.8) is 0 Å². The molecule has 1 aliphatic rings. The molecule has 1 aromatic heterocycles. The Morgan fingerprint density at radius 1 is 1.26 bits per heavy atom. The zero-order valence-electron chi connectivity index (χ0n) is 11.1. The molecular formula is C16H18N2O. The molecule has 2 heterocycles. The van der Waals surface area contributed by atoms with Crippen LogP contribution in [0.15, 0.2) is 42.6 Å². The van der Waals surface area contributed by atoms with E-state index in [4.69, 9.17) is 4.74 Å². The zero-order chi connectivity index (χ0) is 13.1. The molecule has 1 aliphatic heterocycles. The summed E-state index contributed by atoms with van der Waals surface area (Å²) in [4.78, 5) is 4.46. The molecule has 98 valence electrons. The molecule has 0 fully saturated rings. The van der Waals surface area contributed by atoms with Crippen LogP contribution in [0.4, 0.5) is 0 Å². The van der Waals surface area contributed by atoms with Gasteiger partial charge in [0.15, 0.2) is 0 Å². The maximum absolute atomic E-state index is 5.39. The number of hydrogen-bond donors (Lipinski definition) is 1. The molecule has 0 spiro atoms. The molecule has 3 heteroatoms. The summed E-state index contributed by atoms with van der Waals surface area (Å²) in [5.41, 5.74) is 3.87. The molecule has 0 saturated carbocycles. The predicted octanol–water partition coefficient (Wildman–Crippen LogP) is 2.52. The van der Waals surface area contributed by atoms with Gasteiger partial charge in [0, 0.05) is 31.6 Å². The summed E-state index contributed by atoms with van der Waals surface area (Å²) < 4.78 is 5.39. The fourth-order valence-electron chi connectivity index (χ4n) is 2.76. The standard InChI is InChI=1S/C16H18N2O/c1-19-16-7-4-8-18-15(16)9-13-11-17-10-12-5-2-3-6-14(12)13/h2-8,13,17H,9-11H2,1H3. The molecular weight excluding hydrogens is 236 g/mol. The molecule has 3 nitrogen and oxygen atoms in total. The van der Waals surface area contributed by atoms with Gasteiger partial charge in [0.1, 0.15) is 5.75 Å². The van der Waals surface area contributed by atoms with Crippen LogP contribution in [0.3, 0.4) is 0 Å². The van der Waals surface area contributed by atoms with Crippen molar-refractivity contribution in [1.29, 1.82) is 0 Å². The van der Waals surface area contributed by atoms with Gasteiger partial charge in [-0.2, -0.15) is 0 Å². The summed E-state index contributed by atoms with van der Waals surface area (Å²) in [7, 11) is 1.70. The third kappa shape index (κ3) is 2.47. The summed E-state index contributed by atoms with van der Waals surface area (Å²) >= 11 is 0. The number of nitrogens with zero attached hydrogens (tertiary/aromatic N) is 1. The van der Waals surface area contributed by atoms with E-state index in [-0.39, 0.29) is 0 Å². The molecule has 0 amide bonds. The Morgan fingerprint density at radius 2 is 2.16 bits per heavy atom. The third-order valence-corrected chi connectivity index (χ3v) is 3.71. The highest BCUT2D eigenvalue weighted by Gasteiger charge is 2.21. The Kier molecular flexibility index (Phi) is 3.47. The number of benzene rings is 1. The molecule has 1 atom stereocenters. The van der Waals surface area contributed by atoms with Crippen LogP contribution in [0.5, 0.6) is 5.75 Å². The van der Waals surface area contributed by atoms with Gasteiger partial charge in [0.05, 0.1) is 12.8 Å². The topological polar surface area (TPSA) is 34.1 Å². The smallest absolute Gasteiger partial charge is 0.140 e. The summed E-state index contributed by atoms with van der Waals surface area (Å²) in [5, 5.41) is 3.48. The maximum atomic E-state index is 5.39. The zero-order valence-corrected chi connectivity index (χ0v) is 11.1. The Hall–Kier alpha value is -1.87. The molecule has 1 aromatic carbocycles. The monoisotopic (exact) mass is 254 g/mol. The van der Waals surface area contributed by atoms with E-state index in [1.54, 1.807) is 7.11 Å². The highest BCUT2D eigenvalue weighted by molar-refractivity contribution is 5.35. The number of nitrogens with one attached hydrogen (secondary N) is 1. The Balaban J connectivity index is 1.88. The molecule has 0 radical (unpaired) electrons. The van der Waals surface area contributed by atoms with E-state index < -0.39 is 0 Å². The van der Waals surface area contributed by atoms with Crippen LogP contribution < -0.4 is 10.1 Å². The van der Waals surface area contributed by atoms with E-state index >= 15 is 0 Å². The number of pyridine rings is 1. The Bertz CT molecular complexity index is 568. The van der Waals surface area contributed by atoms with E-state index in [1.807, 2.05) is 18.3 Å². The largest absolute Gasteiger partial charge is 0.495 e. The van der Waals surface area contributed by atoms with E-state index in [1.165, 1.54) is 11.1 Å². The van der Waals surface area contributed by atoms with Gasteiger partial charge < -0.3 is 10.1 Å². The van der Waals surface area contributed by atoms with Crippen LogP contribution >= 0.6 is 0 Å². The highest BCUT2D eigenvalue weighted by atomic mass is 16.5. The van der Waals surface area contributed by atoms with Crippen LogP contribution in [-0.4, -0.2) is 18.6 Å². The van der Waals surface area contributed by atoms with Gasteiger partial charge in [-0.15, -0.1) is 0 Å².